The molecule has 1 amide bonds. The van der Waals surface area contributed by atoms with E-state index in [0.717, 1.165) is 11.3 Å². The summed E-state index contributed by atoms with van der Waals surface area (Å²) >= 11 is 0. The molecule has 3 rings (SSSR count). The molecule has 3 aromatic rings. The molecule has 0 aliphatic heterocycles. The zero-order valence-electron chi connectivity index (χ0n) is 14.4. The van der Waals surface area contributed by atoms with Gasteiger partial charge in [0, 0.05) is 12.7 Å². The number of halogens is 1. The predicted molar refractivity (Wildman–Crippen MR) is 102 cm³/mol. The largest absolute Gasteiger partial charge is 0.324 e. The van der Waals surface area contributed by atoms with Crippen molar-refractivity contribution in [3.8, 4) is 0 Å². The number of hydrogen-bond acceptors (Lipinski definition) is 3. The van der Waals surface area contributed by atoms with Crippen LogP contribution in [0, 0.1) is 5.82 Å². The van der Waals surface area contributed by atoms with Crippen molar-refractivity contribution in [2.24, 2.45) is 0 Å². The van der Waals surface area contributed by atoms with E-state index >= 15 is 0 Å². The van der Waals surface area contributed by atoms with Crippen molar-refractivity contribution >= 4 is 17.3 Å². The third-order valence-electron chi connectivity index (χ3n) is 3.97. The molecule has 0 aliphatic rings. The summed E-state index contributed by atoms with van der Waals surface area (Å²) in [6, 6.07) is 24.3. The molecule has 0 heterocycles. The summed E-state index contributed by atoms with van der Waals surface area (Å²) in [5.74, 6) is -0.574. The maximum atomic E-state index is 13.1. The first-order valence-corrected chi connectivity index (χ1v) is 8.30. The number of hydrazine groups is 1. The number of nitrogens with one attached hydrogen (secondary N) is 2. The molecule has 1 atom stereocenters. The van der Waals surface area contributed by atoms with Gasteiger partial charge in [-0.25, -0.2) is 9.82 Å². The summed E-state index contributed by atoms with van der Waals surface area (Å²) in [7, 11) is 1.86. The van der Waals surface area contributed by atoms with Crippen LogP contribution in [0.25, 0.3) is 0 Å². The van der Waals surface area contributed by atoms with E-state index in [1.807, 2.05) is 72.7 Å². The molecule has 0 unspecified atom stereocenters. The molecule has 0 saturated carbocycles. The van der Waals surface area contributed by atoms with E-state index in [2.05, 4.69) is 10.7 Å². The molecule has 2 N–H and O–H groups in total. The van der Waals surface area contributed by atoms with Gasteiger partial charge >= 0.3 is 0 Å². The minimum absolute atomic E-state index is 0.231. The lowest BCUT2D eigenvalue weighted by molar-refractivity contribution is -0.118. The van der Waals surface area contributed by atoms with E-state index < -0.39 is 6.04 Å². The third kappa shape index (κ3) is 4.46. The van der Waals surface area contributed by atoms with Crippen LogP contribution in [0.2, 0.25) is 0 Å². The molecule has 0 aliphatic carbocycles. The van der Waals surface area contributed by atoms with E-state index in [1.54, 1.807) is 0 Å². The van der Waals surface area contributed by atoms with Crippen molar-refractivity contribution < 1.29 is 9.18 Å². The molecule has 3 aromatic carbocycles. The first-order chi connectivity index (χ1) is 12.6. The van der Waals surface area contributed by atoms with Crippen molar-refractivity contribution in [2.75, 3.05) is 17.4 Å². The molecular weight excluding hydrogens is 329 g/mol. The van der Waals surface area contributed by atoms with Gasteiger partial charge in [0.15, 0.2) is 0 Å². The Labute approximate surface area is 152 Å². The predicted octanol–water partition coefficient (Wildman–Crippen LogP) is 4.15. The van der Waals surface area contributed by atoms with Gasteiger partial charge in [-0.15, -0.1) is 0 Å². The number of carbonyl (C=O) groups is 1. The third-order valence-corrected chi connectivity index (χ3v) is 3.97. The number of amides is 1. The number of rotatable bonds is 6. The summed E-state index contributed by atoms with van der Waals surface area (Å²) in [6.07, 6.45) is 0. The number of anilines is 2. The van der Waals surface area contributed by atoms with Crippen LogP contribution in [0.4, 0.5) is 15.8 Å². The highest BCUT2D eigenvalue weighted by Crippen LogP contribution is 2.19. The second-order valence-electron chi connectivity index (χ2n) is 5.86. The maximum Gasteiger partial charge on any atom is 0.247 e. The first kappa shape index (κ1) is 17.6. The minimum Gasteiger partial charge on any atom is -0.324 e. The van der Waals surface area contributed by atoms with Crippen molar-refractivity contribution in [2.45, 2.75) is 6.04 Å². The van der Waals surface area contributed by atoms with Gasteiger partial charge in [0.2, 0.25) is 5.91 Å². The molecule has 0 fully saturated rings. The molecule has 0 spiro atoms. The van der Waals surface area contributed by atoms with E-state index in [4.69, 9.17) is 0 Å². The van der Waals surface area contributed by atoms with Crippen molar-refractivity contribution in [1.29, 1.82) is 0 Å². The molecule has 0 aromatic heterocycles. The van der Waals surface area contributed by atoms with E-state index in [1.165, 1.54) is 24.3 Å². The monoisotopic (exact) mass is 349 g/mol. The SMILES string of the molecule is CN(N[C@H](C(=O)Nc1ccc(F)cc1)c1ccccc1)c1ccccc1. The fraction of sp³-hybridized carbons (Fsp3) is 0.0952. The Morgan fingerprint density at radius 1 is 0.885 bits per heavy atom. The number of benzene rings is 3. The van der Waals surface area contributed by atoms with E-state index in [-0.39, 0.29) is 11.7 Å². The molecule has 132 valence electrons. The molecule has 26 heavy (non-hydrogen) atoms. The number of nitrogens with zero attached hydrogens (tertiary/aromatic N) is 1. The van der Waals surface area contributed by atoms with Crippen molar-refractivity contribution in [1.82, 2.24) is 5.43 Å². The fourth-order valence-corrected chi connectivity index (χ4v) is 2.60. The van der Waals surface area contributed by atoms with Crippen LogP contribution in [0.1, 0.15) is 11.6 Å². The molecule has 5 heteroatoms. The van der Waals surface area contributed by atoms with Gasteiger partial charge < -0.3 is 10.3 Å². The minimum atomic E-state index is -0.605. The Morgan fingerprint density at radius 3 is 2.08 bits per heavy atom. The van der Waals surface area contributed by atoms with Crippen LogP contribution in [0.5, 0.6) is 0 Å². The Balaban J connectivity index is 1.81. The van der Waals surface area contributed by atoms with Gasteiger partial charge in [0.1, 0.15) is 11.9 Å². The second-order valence-corrected chi connectivity index (χ2v) is 5.86. The highest BCUT2D eigenvalue weighted by molar-refractivity contribution is 5.95. The lowest BCUT2D eigenvalue weighted by Gasteiger charge is -2.27. The average molecular weight is 349 g/mol. The van der Waals surface area contributed by atoms with Crippen LogP contribution in [-0.2, 0) is 4.79 Å². The van der Waals surface area contributed by atoms with Gasteiger partial charge in [0.05, 0.1) is 5.69 Å². The smallest absolute Gasteiger partial charge is 0.247 e. The molecule has 0 radical (unpaired) electrons. The van der Waals surface area contributed by atoms with Crippen LogP contribution < -0.4 is 15.8 Å². The lowest BCUT2D eigenvalue weighted by atomic mass is 10.1. The van der Waals surface area contributed by atoms with Crippen LogP contribution >= 0.6 is 0 Å². The number of para-hydroxylation sites is 1. The van der Waals surface area contributed by atoms with Crippen molar-refractivity contribution in [3.05, 3.63) is 96.3 Å². The zero-order chi connectivity index (χ0) is 18.4. The van der Waals surface area contributed by atoms with Gasteiger partial charge in [-0.3, -0.25) is 4.79 Å². The van der Waals surface area contributed by atoms with Crippen LogP contribution in [0.3, 0.4) is 0 Å². The van der Waals surface area contributed by atoms with Gasteiger partial charge in [-0.1, -0.05) is 48.5 Å². The summed E-state index contributed by atoms with van der Waals surface area (Å²) in [5.41, 5.74) is 5.53. The first-order valence-electron chi connectivity index (χ1n) is 8.30. The summed E-state index contributed by atoms with van der Waals surface area (Å²) in [6.45, 7) is 0. The van der Waals surface area contributed by atoms with Crippen LogP contribution in [0.15, 0.2) is 84.9 Å². The van der Waals surface area contributed by atoms with E-state index in [9.17, 15) is 9.18 Å². The summed E-state index contributed by atoms with van der Waals surface area (Å²) in [5, 5.41) is 4.64. The Bertz CT molecular complexity index is 838. The van der Waals surface area contributed by atoms with Crippen molar-refractivity contribution in [3.63, 3.8) is 0 Å². The lowest BCUT2D eigenvalue weighted by Crippen LogP contribution is -2.43. The molecule has 0 bridgehead atoms. The number of hydrogen-bond donors (Lipinski definition) is 2. The Morgan fingerprint density at radius 2 is 1.46 bits per heavy atom. The second kappa shape index (κ2) is 8.27. The maximum absolute atomic E-state index is 13.1. The molecule has 0 saturated heterocycles. The number of carbonyl (C=O) groups excluding carboxylic acids is 1. The fourth-order valence-electron chi connectivity index (χ4n) is 2.60. The normalized spacial score (nSPS) is 11.6. The summed E-state index contributed by atoms with van der Waals surface area (Å²) < 4.78 is 13.1. The summed E-state index contributed by atoms with van der Waals surface area (Å²) in [4.78, 5) is 12.9. The quantitative estimate of drug-likeness (QED) is 0.657. The van der Waals surface area contributed by atoms with Gasteiger partial charge in [0.25, 0.3) is 0 Å². The topological polar surface area (TPSA) is 44.4 Å². The Kier molecular flexibility index (Phi) is 5.61. The van der Waals surface area contributed by atoms with E-state index in [0.29, 0.717) is 5.69 Å². The highest BCUT2D eigenvalue weighted by atomic mass is 19.1. The standard InChI is InChI=1S/C21H20FN3O/c1-25(19-10-6-3-7-11-19)24-20(16-8-4-2-5-9-16)21(26)23-18-14-12-17(22)13-15-18/h2-15,20,24H,1H3,(H,23,26)/t20-/m0/s1. The molecule has 4 nitrogen and oxygen atoms in total. The highest BCUT2D eigenvalue weighted by Gasteiger charge is 2.22. The zero-order valence-corrected chi connectivity index (χ0v) is 14.4. The molecular formula is C21H20FN3O. The average Bonchev–Trinajstić information content (AvgIpc) is 2.69. The Hall–Kier alpha value is -3.18. The van der Waals surface area contributed by atoms with Gasteiger partial charge in [-0.05, 0) is 42.0 Å². The van der Waals surface area contributed by atoms with Crippen LogP contribution in [-0.4, -0.2) is 13.0 Å². The van der Waals surface area contributed by atoms with Gasteiger partial charge in [-0.2, -0.15) is 0 Å².